The summed E-state index contributed by atoms with van der Waals surface area (Å²) in [6.07, 6.45) is 0. The lowest BCUT2D eigenvalue weighted by atomic mass is 9.98. The number of benzene rings is 1. The molecule has 1 aromatic carbocycles. The molecule has 0 aliphatic rings. The molecular formula is C20H29N5O. The zero-order valence-corrected chi connectivity index (χ0v) is 16.6. The van der Waals surface area contributed by atoms with Crippen molar-refractivity contribution in [2.45, 2.75) is 33.6 Å². The predicted octanol–water partition coefficient (Wildman–Crippen LogP) is 3.25. The SMILES string of the molecule is Cc1nc(Nc2c(C)cccc2C(C)C)cc(C(=O)NCCN(C)C)n1. The number of carbonyl (C=O) groups is 1. The number of hydrogen-bond acceptors (Lipinski definition) is 5. The van der Waals surface area contributed by atoms with Crippen LogP contribution in [0.15, 0.2) is 24.3 Å². The first-order valence-corrected chi connectivity index (χ1v) is 8.93. The molecule has 2 N–H and O–H groups in total. The minimum atomic E-state index is -0.186. The van der Waals surface area contributed by atoms with E-state index in [9.17, 15) is 4.79 Å². The summed E-state index contributed by atoms with van der Waals surface area (Å²) >= 11 is 0. The second kappa shape index (κ2) is 8.76. The van der Waals surface area contributed by atoms with Crippen molar-refractivity contribution in [2.24, 2.45) is 0 Å². The number of anilines is 2. The van der Waals surface area contributed by atoms with Gasteiger partial charge in [0.1, 0.15) is 17.3 Å². The Morgan fingerprint density at radius 3 is 2.58 bits per heavy atom. The number of nitrogens with one attached hydrogen (secondary N) is 2. The molecule has 0 bridgehead atoms. The Morgan fingerprint density at radius 1 is 1.19 bits per heavy atom. The van der Waals surface area contributed by atoms with Crippen LogP contribution in [0.5, 0.6) is 0 Å². The Kier molecular flexibility index (Phi) is 6.69. The van der Waals surface area contributed by atoms with Gasteiger partial charge in [0, 0.05) is 24.8 Å². The first kappa shape index (κ1) is 19.8. The Balaban J connectivity index is 2.24. The van der Waals surface area contributed by atoms with E-state index in [0.29, 0.717) is 29.8 Å². The van der Waals surface area contributed by atoms with Crippen molar-refractivity contribution in [3.8, 4) is 0 Å². The molecule has 2 aromatic rings. The molecule has 0 saturated carbocycles. The third-order valence-corrected chi connectivity index (χ3v) is 4.10. The quantitative estimate of drug-likeness (QED) is 0.798. The van der Waals surface area contributed by atoms with Crippen LogP contribution in [0.4, 0.5) is 11.5 Å². The summed E-state index contributed by atoms with van der Waals surface area (Å²) in [5.74, 6) is 1.39. The molecule has 6 nitrogen and oxygen atoms in total. The third kappa shape index (κ3) is 5.26. The summed E-state index contributed by atoms with van der Waals surface area (Å²) in [5, 5.41) is 6.28. The number of aryl methyl sites for hydroxylation is 2. The lowest BCUT2D eigenvalue weighted by Crippen LogP contribution is -2.32. The maximum absolute atomic E-state index is 12.4. The molecule has 26 heavy (non-hydrogen) atoms. The lowest BCUT2D eigenvalue weighted by molar-refractivity contribution is 0.0945. The third-order valence-electron chi connectivity index (χ3n) is 4.10. The predicted molar refractivity (Wildman–Crippen MR) is 106 cm³/mol. The van der Waals surface area contributed by atoms with Gasteiger partial charge in [-0.05, 0) is 45.0 Å². The van der Waals surface area contributed by atoms with Crippen molar-refractivity contribution >= 4 is 17.4 Å². The van der Waals surface area contributed by atoms with Gasteiger partial charge in [0.05, 0.1) is 0 Å². The number of carbonyl (C=O) groups excluding carboxylic acids is 1. The summed E-state index contributed by atoms with van der Waals surface area (Å²) in [7, 11) is 3.94. The van der Waals surface area contributed by atoms with Gasteiger partial charge in [-0.3, -0.25) is 4.79 Å². The van der Waals surface area contributed by atoms with E-state index in [4.69, 9.17) is 0 Å². The monoisotopic (exact) mass is 355 g/mol. The molecule has 1 aromatic heterocycles. The van der Waals surface area contributed by atoms with Crippen molar-refractivity contribution in [1.82, 2.24) is 20.2 Å². The van der Waals surface area contributed by atoms with Crippen LogP contribution < -0.4 is 10.6 Å². The maximum Gasteiger partial charge on any atom is 0.270 e. The summed E-state index contributed by atoms with van der Waals surface area (Å²) in [6.45, 7) is 9.54. The number of likely N-dealkylation sites (N-methyl/N-ethyl adjacent to an activating group) is 1. The van der Waals surface area contributed by atoms with E-state index in [-0.39, 0.29) is 5.91 Å². The minimum Gasteiger partial charge on any atom is -0.349 e. The van der Waals surface area contributed by atoms with Crippen LogP contribution in [0.25, 0.3) is 0 Å². The lowest BCUT2D eigenvalue weighted by Gasteiger charge is -2.17. The Bertz CT molecular complexity index is 771. The maximum atomic E-state index is 12.4. The van der Waals surface area contributed by atoms with Crippen LogP contribution in [0, 0.1) is 13.8 Å². The highest BCUT2D eigenvalue weighted by Crippen LogP contribution is 2.29. The first-order chi connectivity index (χ1) is 12.3. The Labute approximate surface area is 156 Å². The fourth-order valence-electron chi connectivity index (χ4n) is 2.70. The standard InChI is InChI=1S/C20H29N5O/c1-13(2)16-9-7-8-14(3)19(16)24-18-12-17(22-15(4)23-18)20(26)21-10-11-25(5)6/h7-9,12-13H,10-11H2,1-6H3,(H,21,26)(H,22,23,24). The molecule has 1 amide bonds. The first-order valence-electron chi connectivity index (χ1n) is 8.93. The highest BCUT2D eigenvalue weighted by atomic mass is 16.1. The van der Waals surface area contributed by atoms with Crippen molar-refractivity contribution in [2.75, 3.05) is 32.5 Å². The van der Waals surface area contributed by atoms with Crippen LogP contribution in [-0.2, 0) is 0 Å². The molecule has 2 rings (SSSR count). The van der Waals surface area contributed by atoms with E-state index in [2.05, 4.69) is 59.6 Å². The van der Waals surface area contributed by atoms with E-state index in [1.807, 2.05) is 19.0 Å². The average molecular weight is 355 g/mol. The normalized spacial score (nSPS) is 11.1. The van der Waals surface area contributed by atoms with Crippen molar-refractivity contribution < 1.29 is 4.79 Å². The van der Waals surface area contributed by atoms with Gasteiger partial charge in [0.25, 0.3) is 5.91 Å². The van der Waals surface area contributed by atoms with E-state index in [1.54, 1.807) is 13.0 Å². The number of nitrogens with zero attached hydrogens (tertiary/aromatic N) is 3. The van der Waals surface area contributed by atoms with E-state index < -0.39 is 0 Å². The molecule has 0 atom stereocenters. The highest BCUT2D eigenvalue weighted by Gasteiger charge is 2.13. The van der Waals surface area contributed by atoms with Gasteiger partial charge >= 0.3 is 0 Å². The fourth-order valence-corrected chi connectivity index (χ4v) is 2.70. The van der Waals surface area contributed by atoms with Gasteiger partial charge in [-0.15, -0.1) is 0 Å². The van der Waals surface area contributed by atoms with Gasteiger partial charge in [-0.1, -0.05) is 32.0 Å². The smallest absolute Gasteiger partial charge is 0.270 e. The van der Waals surface area contributed by atoms with Gasteiger partial charge in [0.15, 0.2) is 0 Å². The number of rotatable bonds is 7. The zero-order valence-electron chi connectivity index (χ0n) is 16.6. The molecule has 0 radical (unpaired) electrons. The van der Waals surface area contributed by atoms with Gasteiger partial charge in [-0.2, -0.15) is 0 Å². The fraction of sp³-hybridized carbons (Fsp3) is 0.450. The largest absolute Gasteiger partial charge is 0.349 e. The number of aromatic nitrogens is 2. The summed E-state index contributed by atoms with van der Waals surface area (Å²) in [4.78, 5) is 23.1. The Hall–Kier alpha value is -2.47. The van der Waals surface area contributed by atoms with Gasteiger partial charge in [-0.25, -0.2) is 9.97 Å². The van der Waals surface area contributed by atoms with E-state index >= 15 is 0 Å². The van der Waals surface area contributed by atoms with E-state index in [1.165, 1.54) is 5.56 Å². The van der Waals surface area contributed by atoms with Crippen LogP contribution in [-0.4, -0.2) is 48.0 Å². The van der Waals surface area contributed by atoms with Crippen LogP contribution in [0.1, 0.15) is 47.2 Å². The minimum absolute atomic E-state index is 0.186. The van der Waals surface area contributed by atoms with Crippen LogP contribution in [0.2, 0.25) is 0 Å². The van der Waals surface area contributed by atoms with Gasteiger partial charge < -0.3 is 15.5 Å². The van der Waals surface area contributed by atoms with Crippen LogP contribution in [0.3, 0.4) is 0 Å². The highest BCUT2D eigenvalue weighted by molar-refractivity contribution is 5.93. The molecular weight excluding hydrogens is 326 g/mol. The summed E-state index contributed by atoms with van der Waals surface area (Å²) < 4.78 is 0. The Morgan fingerprint density at radius 2 is 1.92 bits per heavy atom. The molecule has 1 heterocycles. The van der Waals surface area contributed by atoms with Gasteiger partial charge in [0.2, 0.25) is 0 Å². The summed E-state index contributed by atoms with van der Waals surface area (Å²) in [5.41, 5.74) is 3.78. The molecule has 0 spiro atoms. The number of para-hydroxylation sites is 1. The molecule has 0 aliphatic heterocycles. The van der Waals surface area contributed by atoms with Crippen molar-refractivity contribution in [3.05, 3.63) is 46.9 Å². The molecule has 0 aliphatic carbocycles. The molecule has 6 heteroatoms. The topological polar surface area (TPSA) is 70.2 Å². The number of hydrogen-bond donors (Lipinski definition) is 2. The molecule has 140 valence electrons. The number of amides is 1. The summed E-state index contributed by atoms with van der Waals surface area (Å²) in [6, 6.07) is 7.94. The molecule has 0 unspecified atom stereocenters. The van der Waals surface area contributed by atoms with Crippen molar-refractivity contribution in [1.29, 1.82) is 0 Å². The second-order valence-corrected chi connectivity index (χ2v) is 7.06. The second-order valence-electron chi connectivity index (χ2n) is 7.06. The van der Waals surface area contributed by atoms with Crippen molar-refractivity contribution in [3.63, 3.8) is 0 Å². The average Bonchev–Trinajstić information content (AvgIpc) is 2.55. The molecule has 0 fully saturated rings. The van der Waals surface area contributed by atoms with E-state index in [0.717, 1.165) is 17.8 Å². The zero-order chi connectivity index (χ0) is 19.3. The van der Waals surface area contributed by atoms with Crippen LogP contribution >= 0.6 is 0 Å². The molecule has 0 saturated heterocycles.